The van der Waals surface area contributed by atoms with Crippen molar-refractivity contribution >= 4 is 23.6 Å². The standard InChI is InChI=1S/C32H54N4O21/c1-9(40)33-17-25(48)27(14(6-38)52-29(17)50)56-32-20(36-12(4)43)26(49)28(15(7-39)54-32)57-31-19(35-11(3)42)24(47)22(45)16(55-31)8-51-30-18(34-10(2)41)23(46)21(44)13(5-37)53-30/h13-32,37-39,44-50H,5-8H2,1-4H3,(H,33,40)(H,34,41)(H,35,42)(H,36,43)/t13-,14-,15-,16-,17-,18-,19-,20-,21-,22-,23-,24-,25-,26-,27-,28-,29-,30-,31+,32+/m1/s1. The van der Waals surface area contributed by atoms with E-state index in [-0.39, 0.29) is 0 Å². The van der Waals surface area contributed by atoms with Gasteiger partial charge in [-0.3, -0.25) is 19.2 Å². The number of hydrogen-bond acceptors (Lipinski definition) is 21. The van der Waals surface area contributed by atoms with Gasteiger partial charge < -0.3 is 105 Å². The molecular weight excluding hydrogens is 776 g/mol. The highest BCUT2D eigenvalue weighted by Gasteiger charge is 2.55. The van der Waals surface area contributed by atoms with Gasteiger partial charge in [-0.15, -0.1) is 0 Å². The molecule has 4 rings (SSSR count). The predicted molar refractivity (Wildman–Crippen MR) is 180 cm³/mol. The maximum Gasteiger partial charge on any atom is 0.217 e. The molecule has 4 aliphatic rings. The topological polar surface area (TPSA) is 383 Å². The molecule has 0 aromatic carbocycles. The molecule has 25 heteroatoms. The van der Waals surface area contributed by atoms with Crippen molar-refractivity contribution < 1.29 is 103 Å². The summed E-state index contributed by atoms with van der Waals surface area (Å²) in [5.41, 5.74) is 0. The highest BCUT2D eigenvalue weighted by atomic mass is 16.7. The Balaban J connectivity index is 1.58. The van der Waals surface area contributed by atoms with Crippen LogP contribution in [0.25, 0.3) is 0 Å². The number of aliphatic hydroxyl groups excluding tert-OH is 10. The molecule has 0 unspecified atom stereocenters. The van der Waals surface area contributed by atoms with Crippen molar-refractivity contribution in [3.8, 4) is 0 Å². The summed E-state index contributed by atoms with van der Waals surface area (Å²) in [6.07, 6.45) is -26.8. The Morgan fingerprint density at radius 1 is 0.456 bits per heavy atom. The first kappa shape index (κ1) is 46.9. The lowest BCUT2D eigenvalue weighted by molar-refractivity contribution is -0.354. The summed E-state index contributed by atoms with van der Waals surface area (Å²) < 4.78 is 40.3. The molecule has 4 saturated heterocycles. The number of rotatable bonds is 14. The number of carbonyl (C=O) groups excluding carboxylic acids is 4. The Morgan fingerprint density at radius 3 is 1.26 bits per heavy atom. The van der Waals surface area contributed by atoms with Gasteiger partial charge in [-0.05, 0) is 0 Å². The van der Waals surface area contributed by atoms with Gasteiger partial charge in [0.2, 0.25) is 23.6 Å². The molecule has 25 nitrogen and oxygen atoms in total. The number of nitrogens with one attached hydrogen (secondary N) is 4. The Bertz CT molecular complexity index is 1370. The molecule has 14 N–H and O–H groups in total. The van der Waals surface area contributed by atoms with E-state index in [0.717, 1.165) is 27.7 Å². The fraction of sp³-hybridized carbons (Fsp3) is 0.875. The van der Waals surface area contributed by atoms with Gasteiger partial charge in [-0.25, -0.2) is 0 Å². The van der Waals surface area contributed by atoms with Crippen LogP contribution in [-0.4, -0.2) is 224 Å². The van der Waals surface area contributed by atoms with Crippen LogP contribution in [0.4, 0.5) is 0 Å². The lowest BCUT2D eigenvalue weighted by Crippen LogP contribution is -2.71. The minimum Gasteiger partial charge on any atom is -0.394 e. The van der Waals surface area contributed by atoms with Crippen molar-refractivity contribution in [2.45, 2.75) is 150 Å². The lowest BCUT2D eigenvalue weighted by Gasteiger charge is -2.50. The minimum absolute atomic E-state index is 0.650. The molecule has 4 amide bonds. The van der Waals surface area contributed by atoms with Gasteiger partial charge in [0.1, 0.15) is 97.4 Å². The molecule has 0 spiro atoms. The minimum atomic E-state index is -1.89. The SMILES string of the molecule is CC(=O)N[C@@H]1[C@@H](O)[C@H](O[C@@H]2O[C@H](CO)[C@@H](O[C@@H]3O[C@H](CO[C@@H]4O[C@H](CO)[C@@H](O)[C@H](O)[C@H]4NC(C)=O)[C@@H](O)[C@H](O)[C@H]3NC(C)=O)[C@H](O)[C@H]2NC(C)=O)[C@@H](CO)O[C@H]1O. The van der Waals surface area contributed by atoms with Crippen molar-refractivity contribution in [3.05, 3.63) is 0 Å². The van der Waals surface area contributed by atoms with Gasteiger partial charge >= 0.3 is 0 Å². The number of ether oxygens (including phenoxy) is 7. The Morgan fingerprint density at radius 2 is 0.807 bits per heavy atom. The zero-order valence-corrected chi connectivity index (χ0v) is 31.3. The molecule has 0 aromatic rings. The van der Waals surface area contributed by atoms with Crippen LogP contribution in [0.5, 0.6) is 0 Å². The molecule has 20 atom stereocenters. The van der Waals surface area contributed by atoms with Gasteiger partial charge in [0.25, 0.3) is 0 Å². The largest absolute Gasteiger partial charge is 0.394 e. The molecule has 0 radical (unpaired) electrons. The van der Waals surface area contributed by atoms with Crippen LogP contribution < -0.4 is 21.3 Å². The van der Waals surface area contributed by atoms with Crippen LogP contribution in [0, 0.1) is 0 Å². The first-order valence-corrected chi connectivity index (χ1v) is 18.0. The molecule has 0 bridgehead atoms. The third-order valence-electron chi connectivity index (χ3n) is 9.79. The first-order valence-electron chi connectivity index (χ1n) is 18.0. The molecular formula is C32H54N4O21. The second-order valence-corrected chi connectivity index (χ2v) is 14.1. The zero-order valence-electron chi connectivity index (χ0n) is 31.3. The third-order valence-corrected chi connectivity index (χ3v) is 9.79. The Hall–Kier alpha value is -2.80. The van der Waals surface area contributed by atoms with E-state index in [1.807, 2.05) is 0 Å². The van der Waals surface area contributed by atoms with E-state index >= 15 is 0 Å². The summed E-state index contributed by atoms with van der Waals surface area (Å²) >= 11 is 0. The van der Waals surface area contributed by atoms with Crippen LogP contribution >= 0.6 is 0 Å². The van der Waals surface area contributed by atoms with Crippen molar-refractivity contribution in [1.82, 2.24) is 21.3 Å². The van der Waals surface area contributed by atoms with E-state index < -0.39 is 173 Å². The molecule has 0 aromatic heterocycles. The van der Waals surface area contributed by atoms with Gasteiger partial charge in [0.15, 0.2) is 25.2 Å². The third kappa shape index (κ3) is 11.1. The van der Waals surface area contributed by atoms with Crippen LogP contribution in [0.1, 0.15) is 27.7 Å². The van der Waals surface area contributed by atoms with E-state index in [1.165, 1.54) is 0 Å². The van der Waals surface area contributed by atoms with Crippen molar-refractivity contribution in [2.75, 3.05) is 26.4 Å². The monoisotopic (exact) mass is 830 g/mol. The molecule has 4 fully saturated rings. The lowest BCUT2D eigenvalue weighted by atomic mass is 9.93. The normalized spacial score (nSPS) is 43.8. The second kappa shape index (κ2) is 20.4. The average molecular weight is 831 g/mol. The molecule has 4 aliphatic heterocycles. The van der Waals surface area contributed by atoms with E-state index in [0.29, 0.717) is 0 Å². The van der Waals surface area contributed by atoms with Gasteiger partial charge in [-0.2, -0.15) is 0 Å². The van der Waals surface area contributed by atoms with Gasteiger partial charge in [0, 0.05) is 27.7 Å². The molecule has 4 heterocycles. The molecule has 0 saturated carbocycles. The predicted octanol–water partition coefficient (Wildman–Crippen LogP) is -9.17. The van der Waals surface area contributed by atoms with Gasteiger partial charge in [-0.1, -0.05) is 0 Å². The quantitative estimate of drug-likeness (QED) is 0.0773. The summed E-state index contributed by atoms with van der Waals surface area (Å²) in [4.78, 5) is 48.2. The number of aliphatic hydroxyl groups is 10. The molecule has 0 aliphatic carbocycles. The summed E-state index contributed by atoms with van der Waals surface area (Å²) in [6.45, 7) is 1.18. The Kier molecular flexibility index (Phi) is 16.8. The molecule has 57 heavy (non-hydrogen) atoms. The number of hydrogen-bond donors (Lipinski definition) is 14. The Labute approximate surface area is 325 Å². The van der Waals surface area contributed by atoms with Crippen molar-refractivity contribution in [2.24, 2.45) is 0 Å². The van der Waals surface area contributed by atoms with Crippen molar-refractivity contribution in [1.29, 1.82) is 0 Å². The van der Waals surface area contributed by atoms with Crippen LogP contribution in [0.15, 0.2) is 0 Å². The summed E-state index contributed by atoms with van der Waals surface area (Å²) in [5.74, 6) is -2.79. The maximum absolute atomic E-state index is 12.4. The van der Waals surface area contributed by atoms with Crippen molar-refractivity contribution in [3.63, 3.8) is 0 Å². The fourth-order valence-corrected chi connectivity index (χ4v) is 7.07. The number of amides is 4. The smallest absolute Gasteiger partial charge is 0.217 e. The van der Waals surface area contributed by atoms with Crippen LogP contribution in [0.2, 0.25) is 0 Å². The van der Waals surface area contributed by atoms with Gasteiger partial charge in [0.05, 0.1) is 26.4 Å². The maximum atomic E-state index is 12.4. The summed E-state index contributed by atoms with van der Waals surface area (Å²) in [5, 5.41) is 116. The van der Waals surface area contributed by atoms with E-state index in [4.69, 9.17) is 33.2 Å². The first-order chi connectivity index (χ1) is 26.8. The van der Waals surface area contributed by atoms with E-state index in [9.17, 15) is 70.2 Å². The van der Waals surface area contributed by atoms with E-state index in [2.05, 4.69) is 21.3 Å². The highest BCUT2D eigenvalue weighted by molar-refractivity contribution is 5.74. The fourth-order valence-electron chi connectivity index (χ4n) is 7.07. The number of carbonyl (C=O) groups is 4. The highest BCUT2D eigenvalue weighted by Crippen LogP contribution is 2.33. The molecule has 328 valence electrons. The zero-order chi connectivity index (χ0) is 42.5. The second-order valence-electron chi connectivity index (χ2n) is 14.1. The van der Waals surface area contributed by atoms with E-state index in [1.54, 1.807) is 0 Å². The summed E-state index contributed by atoms with van der Waals surface area (Å²) in [6, 6.07) is -6.02. The van der Waals surface area contributed by atoms with Crippen LogP contribution in [-0.2, 0) is 52.3 Å². The van der Waals surface area contributed by atoms with Crippen LogP contribution in [0.3, 0.4) is 0 Å². The average Bonchev–Trinajstić information content (AvgIpc) is 3.14. The summed E-state index contributed by atoms with van der Waals surface area (Å²) in [7, 11) is 0.